The molecule has 4 rings (SSSR count). The van der Waals surface area contributed by atoms with Crippen molar-refractivity contribution < 1.29 is 21.6 Å². The van der Waals surface area contributed by atoms with Crippen LogP contribution in [0.5, 0.6) is 0 Å². The third kappa shape index (κ3) is 4.26. The van der Waals surface area contributed by atoms with Gasteiger partial charge >= 0.3 is 6.18 Å². The molecule has 0 amide bonds. The number of hydrogen-bond donors (Lipinski definition) is 0. The molecule has 0 aliphatic carbocycles. The zero-order chi connectivity index (χ0) is 24.7. The quantitative estimate of drug-likeness (QED) is 0.299. The van der Waals surface area contributed by atoms with Gasteiger partial charge in [0.05, 0.1) is 15.4 Å². The number of halogens is 3. The van der Waals surface area contributed by atoms with Gasteiger partial charge in [0.1, 0.15) is 0 Å². The first kappa shape index (κ1) is 23.8. The van der Waals surface area contributed by atoms with Crippen LogP contribution in [-0.4, -0.2) is 8.42 Å². The molecule has 0 atom stereocenters. The van der Waals surface area contributed by atoms with Crippen LogP contribution in [0, 0.1) is 20.8 Å². The summed E-state index contributed by atoms with van der Waals surface area (Å²) in [5.74, 6) is 0. The minimum Gasteiger partial charge on any atom is -0.218 e. The Balaban J connectivity index is 2.18. The monoisotopic (exact) mass is 480 g/mol. The molecule has 0 radical (unpaired) electrons. The van der Waals surface area contributed by atoms with Crippen molar-refractivity contribution in [2.45, 2.75) is 36.7 Å². The summed E-state index contributed by atoms with van der Waals surface area (Å²) in [5, 5.41) is 0. The van der Waals surface area contributed by atoms with Gasteiger partial charge in [0.2, 0.25) is 9.84 Å². The summed E-state index contributed by atoms with van der Waals surface area (Å²) in [6, 6.07) is 22.0. The lowest BCUT2D eigenvalue weighted by molar-refractivity contribution is -0.137. The molecule has 4 aromatic rings. The Morgan fingerprint density at radius 1 is 0.647 bits per heavy atom. The molecule has 0 fully saturated rings. The lowest BCUT2D eigenvalue weighted by atomic mass is 9.90. The molecule has 0 aromatic heterocycles. The number of alkyl halides is 3. The van der Waals surface area contributed by atoms with Crippen LogP contribution >= 0.6 is 0 Å². The Morgan fingerprint density at radius 2 is 1.12 bits per heavy atom. The highest BCUT2D eigenvalue weighted by molar-refractivity contribution is 7.91. The summed E-state index contributed by atoms with van der Waals surface area (Å²) in [6.45, 7) is 5.28. The Kier molecular flexibility index (Phi) is 6.13. The first-order valence-corrected chi connectivity index (χ1v) is 12.2. The van der Waals surface area contributed by atoms with E-state index in [1.165, 1.54) is 0 Å². The number of benzene rings is 4. The first-order valence-electron chi connectivity index (χ1n) is 10.7. The number of sulfone groups is 1. The third-order valence-corrected chi connectivity index (χ3v) is 7.86. The normalized spacial score (nSPS) is 12.1. The fourth-order valence-corrected chi connectivity index (χ4v) is 6.46. The van der Waals surface area contributed by atoms with E-state index in [1.54, 1.807) is 86.6 Å². The molecule has 0 aliphatic heterocycles. The van der Waals surface area contributed by atoms with Gasteiger partial charge in [0.25, 0.3) is 0 Å². The molecule has 6 heteroatoms. The summed E-state index contributed by atoms with van der Waals surface area (Å²) >= 11 is 0. The molecular formula is C28H23F3O2S. The van der Waals surface area contributed by atoms with E-state index in [1.807, 2.05) is 6.92 Å². The van der Waals surface area contributed by atoms with Crippen LogP contribution in [0.25, 0.3) is 22.3 Å². The zero-order valence-electron chi connectivity index (χ0n) is 18.9. The molecule has 174 valence electrons. The van der Waals surface area contributed by atoms with Crippen molar-refractivity contribution in [2.75, 3.05) is 0 Å². The predicted molar refractivity (Wildman–Crippen MR) is 128 cm³/mol. The van der Waals surface area contributed by atoms with Crippen LogP contribution in [0.4, 0.5) is 13.2 Å². The highest BCUT2D eigenvalue weighted by Gasteiger charge is 2.38. The zero-order valence-corrected chi connectivity index (χ0v) is 19.8. The predicted octanol–water partition coefficient (Wildman–Crippen LogP) is 7.80. The topological polar surface area (TPSA) is 34.1 Å². The van der Waals surface area contributed by atoms with Gasteiger partial charge in [-0.2, -0.15) is 13.2 Å². The summed E-state index contributed by atoms with van der Waals surface area (Å²) in [6.07, 6.45) is -4.67. The van der Waals surface area contributed by atoms with Gasteiger partial charge < -0.3 is 0 Å². The standard InChI is InChI=1S/C28H23F3O2S/c1-18-16-19(2)27(20(3)17-18)34(32,33)24-15-14-23(28(29,30)31)25(21-10-6-4-7-11-21)26(24)22-12-8-5-9-13-22/h4-17H,1-3H3. The molecule has 0 heterocycles. The van der Waals surface area contributed by atoms with E-state index in [4.69, 9.17) is 0 Å². The molecule has 0 bridgehead atoms. The van der Waals surface area contributed by atoms with Gasteiger partial charge in [-0.1, -0.05) is 78.4 Å². The second kappa shape index (κ2) is 8.76. The molecule has 2 nitrogen and oxygen atoms in total. The van der Waals surface area contributed by atoms with Crippen LogP contribution in [0.2, 0.25) is 0 Å². The van der Waals surface area contributed by atoms with Gasteiger partial charge in [-0.3, -0.25) is 0 Å². The van der Waals surface area contributed by atoms with E-state index in [0.29, 0.717) is 22.3 Å². The number of rotatable bonds is 4. The van der Waals surface area contributed by atoms with E-state index in [-0.39, 0.29) is 20.9 Å². The minimum absolute atomic E-state index is 0.0426. The van der Waals surface area contributed by atoms with Crippen molar-refractivity contribution in [1.82, 2.24) is 0 Å². The fourth-order valence-electron chi connectivity index (χ4n) is 4.54. The first-order chi connectivity index (χ1) is 16.0. The summed E-state index contributed by atoms with van der Waals surface area (Å²) < 4.78 is 70.7. The maximum Gasteiger partial charge on any atom is 0.417 e. The van der Waals surface area contributed by atoms with E-state index in [0.717, 1.165) is 17.7 Å². The summed E-state index contributed by atoms with van der Waals surface area (Å²) in [4.78, 5) is -0.0327. The molecule has 0 unspecified atom stereocenters. The highest BCUT2D eigenvalue weighted by Crippen LogP contribution is 2.46. The van der Waals surface area contributed by atoms with Crippen molar-refractivity contribution in [2.24, 2.45) is 0 Å². The Bertz CT molecular complexity index is 1430. The summed E-state index contributed by atoms with van der Waals surface area (Å²) in [5.41, 5.74) is 1.72. The van der Waals surface area contributed by atoms with Crippen molar-refractivity contribution in [3.05, 3.63) is 107 Å². The molecule has 0 saturated carbocycles. The largest absolute Gasteiger partial charge is 0.417 e. The SMILES string of the molecule is Cc1cc(C)c(S(=O)(=O)c2ccc(C(F)(F)F)c(-c3ccccc3)c2-c2ccccc2)c(C)c1. The van der Waals surface area contributed by atoms with E-state index >= 15 is 0 Å². The van der Waals surface area contributed by atoms with Crippen LogP contribution in [0.1, 0.15) is 22.3 Å². The molecular weight excluding hydrogens is 457 g/mol. The van der Waals surface area contributed by atoms with Crippen LogP contribution in [-0.2, 0) is 16.0 Å². The second-order valence-corrected chi connectivity index (χ2v) is 10.2. The minimum atomic E-state index is -4.67. The van der Waals surface area contributed by atoms with Crippen molar-refractivity contribution in [3.8, 4) is 22.3 Å². The smallest absolute Gasteiger partial charge is 0.218 e. The van der Waals surface area contributed by atoms with Crippen molar-refractivity contribution in [1.29, 1.82) is 0 Å². The maximum atomic E-state index is 14.2. The third-order valence-electron chi connectivity index (χ3n) is 5.76. The van der Waals surface area contributed by atoms with E-state index in [9.17, 15) is 21.6 Å². The van der Waals surface area contributed by atoms with Gasteiger partial charge in [0, 0.05) is 11.1 Å². The van der Waals surface area contributed by atoms with Gasteiger partial charge in [-0.05, 0) is 55.2 Å². The van der Waals surface area contributed by atoms with Crippen LogP contribution < -0.4 is 0 Å². The van der Waals surface area contributed by atoms with Gasteiger partial charge in [0.15, 0.2) is 0 Å². The number of aryl methyl sites for hydroxylation is 3. The van der Waals surface area contributed by atoms with Crippen LogP contribution in [0.15, 0.2) is 94.7 Å². The fraction of sp³-hybridized carbons (Fsp3) is 0.143. The molecule has 0 aliphatic rings. The van der Waals surface area contributed by atoms with Crippen molar-refractivity contribution >= 4 is 9.84 Å². The Morgan fingerprint density at radius 3 is 1.59 bits per heavy atom. The molecule has 34 heavy (non-hydrogen) atoms. The molecule has 4 aromatic carbocycles. The lowest BCUT2D eigenvalue weighted by Crippen LogP contribution is -2.13. The Hall–Kier alpha value is -3.38. The van der Waals surface area contributed by atoms with Gasteiger partial charge in [-0.25, -0.2) is 8.42 Å². The van der Waals surface area contributed by atoms with E-state index < -0.39 is 21.6 Å². The van der Waals surface area contributed by atoms with E-state index in [2.05, 4.69) is 0 Å². The van der Waals surface area contributed by atoms with Crippen molar-refractivity contribution in [3.63, 3.8) is 0 Å². The average molecular weight is 481 g/mol. The highest BCUT2D eigenvalue weighted by atomic mass is 32.2. The average Bonchev–Trinajstić information content (AvgIpc) is 2.77. The molecule has 0 N–H and O–H groups in total. The molecule has 0 saturated heterocycles. The second-order valence-electron chi connectivity index (χ2n) is 8.32. The van der Waals surface area contributed by atoms with Gasteiger partial charge in [-0.15, -0.1) is 0 Å². The molecule has 0 spiro atoms. The lowest BCUT2D eigenvalue weighted by Gasteiger charge is -2.22. The maximum absolute atomic E-state index is 14.2. The summed E-state index contributed by atoms with van der Waals surface area (Å²) in [7, 11) is -4.16. The van der Waals surface area contributed by atoms with Crippen LogP contribution in [0.3, 0.4) is 0 Å². The number of hydrogen-bond acceptors (Lipinski definition) is 2. The Labute approximate surface area is 197 Å².